The number of hydrogen-bond acceptors (Lipinski definition) is 2. The van der Waals surface area contributed by atoms with Gasteiger partial charge < -0.3 is 9.30 Å². The molecule has 1 aliphatic rings. The van der Waals surface area contributed by atoms with E-state index < -0.39 is 11.9 Å². The molecule has 2 heterocycles. The van der Waals surface area contributed by atoms with Crippen molar-refractivity contribution >= 4 is 0 Å². The zero-order valence-corrected chi connectivity index (χ0v) is 11.1. The first-order chi connectivity index (χ1) is 8.39. The second-order valence-electron chi connectivity index (χ2n) is 4.24. The zero-order valence-electron chi connectivity index (χ0n) is 11.1. The van der Waals surface area contributed by atoms with E-state index in [1.807, 2.05) is 27.7 Å². The highest BCUT2D eigenvalue weighted by Crippen LogP contribution is 2.32. The first kappa shape index (κ1) is 15.0. The molecule has 0 amide bonds. The molecule has 1 fully saturated rings. The standard InChI is InChI=1S/C10H13F3N2O.C2H6/c1-6(2)9-14-8(10(11,12)13)3-15(9)7-4-16-5-7;1-2/h3,6-7H,4-5H2,1-2H3;1-2H3. The van der Waals surface area contributed by atoms with Crippen molar-refractivity contribution in [2.45, 2.75) is 45.8 Å². The Morgan fingerprint density at radius 1 is 1.33 bits per heavy atom. The lowest BCUT2D eigenvalue weighted by atomic mass is 10.2. The van der Waals surface area contributed by atoms with Crippen LogP contribution in [0.1, 0.15) is 51.2 Å². The molecule has 0 aliphatic carbocycles. The fourth-order valence-electron chi connectivity index (χ4n) is 1.65. The molecule has 0 atom stereocenters. The van der Waals surface area contributed by atoms with Crippen LogP contribution in [0.3, 0.4) is 0 Å². The summed E-state index contributed by atoms with van der Waals surface area (Å²) in [6, 6.07) is 0.000926. The number of ether oxygens (including phenoxy) is 1. The van der Waals surface area contributed by atoms with E-state index in [1.165, 1.54) is 0 Å². The van der Waals surface area contributed by atoms with Crippen LogP contribution >= 0.6 is 0 Å². The zero-order chi connectivity index (χ0) is 13.9. The molecule has 0 bridgehead atoms. The highest BCUT2D eigenvalue weighted by Gasteiger charge is 2.36. The maximum atomic E-state index is 12.5. The lowest BCUT2D eigenvalue weighted by Crippen LogP contribution is -2.31. The Hall–Kier alpha value is -1.04. The number of aromatic nitrogens is 2. The molecule has 0 aromatic carbocycles. The maximum absolute atomic E-state index is 12.5. The van der Waals surface area contributed by atoms with Gasteiger partial charge in [0.05, 0.1) is 19.3 Å². The third kappa shape index (κ3) is 3.04. The van der Waals surface area contributed by atoms with Crippen LogP contribution in [-0.2, 0) is 10.9 Å². The Morgan fingerprint density at radius 3 is 2.22 bits per heavy atom. The van der Waals surface area contributed by atoms with Crippen molar-refractivity contribution in [2.75, 3.05) is 13.2 Å². The average Bonchev–Trinajstić information content (AvgIpc) is 2.62. The first-order valence-electron chi connectivity index (χ1n) is 6.13. The van der Waals surface area contributed by atoms with Crippen molar-refractivity contribution < 1.29 is 17.9 Å². The molecular formula is C12H19F3N2O. The van der Waals surface area contributed by atoms with Gasteiger partial charge in [-0.05, 0) is 0 Å². The Bertz CT molecular complexity index is 381. The molecule has 2 rings (SSSR count). The lowest BCUT2D eigenvalue weighted by molar-refractivity contribution is -0.141. The quantitative estimate of drug-likeness (QED) is 0.815. The third-order valence-corrected chi connectivity index (χ3v) is 2.58. The monoisotopic (exact) mass is 264 g/mol. The van der Waals surface area contributed by atoms with Gasteiger partial charge in [0.1, 0.15) is 5.82 Å². The molecular weight excluding hydrogens is 245 g/mol. The first-order valence-corrected chi connectivity index (χ1v) is 6.13. The molecule has 18 heavy (non-hydrogen) atoms. The number of alkyl halides is 3. The SMILES string of the molecule is CC.CC(C)c1nc(C(F)(F)F)cn1C1COC1. The number of nitrogens with zero attached hydrogens (tertiary/aromatic N) is 2. The van der Waals surface area contributed by atoms with Gasteiger partial charge in [0.25, 0.3) is 0 Å². The van der Waals surface area contributed by atoms with E-state index in [1.54, 1.807) is 4.57 Å². The predicted molar refractivity (Wildman–Crippen MR) is 62.5 cm³/mol. The fraction of sp³-hybridized carbons (Fsp3) is 0.750. The highest BCUT2D eigenvalue weighted by molar-refractivity contribution is 5.12. The van der Waals surface area contributed by atoms with Crippen LogP contribution in [0.15, 0.2) is 6.20 Å². The van der Waals surface area contributed by atoms with Crippen LogP contribution in [0.2, 0.25) is 0 Å². The lowest BCUT2D eigenvalue weighted by Gasteiger charge is -2.29. The van der Waals surface area contributed by atoms with Crippen LogP contribution in [0.25, 0.3) is 0 Å². The van der Waals surface area contributed by atoms with E-state index in [2.05, 4.69) is 4.98 Å². The average molecular weight is 264 g/mol. The molecule has 3 nitrogen and oxygen atoms in total. The van der Waals surface area contributed by atoms with Crippen LogP contribution in [-0.4, -0.2) is 22.8 Å². The van der Waals surface area contributed by atoms with Crippen molar-refractivity contribution in [1.29, 1.82) is 0 Å². The summed E-state index contributed by atoms with van der Waals surface area (Å²) in [6.45, 7) is 8.60. The van der Waals surface area contributed by atoms with Crippen LogP contribution in [0, 0.1) is 0 Å². The highest BCUT2D eigenvalue weighted by atomic mass is 19.4. The second-order valence-corrected chi connectivity index (χ2v) is 4.24. The van der Waals surface area contributed by atoms with Crippen molar-refractivity contribution in [3.63, 3.8) is 0 Å². The van der Waals surface area contributed by atoms with E-state index in [0.29, 0.717) is 19.0 Å². The Labute approximate surface area is 105 Å². The molecule has 1 saturated heterocycles. The minimum absolute atomic E-state index is 0.000926. The summed E-state index contributed by atoms with van der Waals surface area (Å²) in [6.07, 6.45) is -3.29. The summed E-state index contributed by atoms with van der Waals surface area (Å²) in [7, 11) is 0. The van der Waals surface area contributed by atoms with Gasteiger partial charge in [0, 0.05) is 12.1 Å². The number of hydrogen-bond donors (Lipinski definition) is 0. The number of halogens is 3. The summed E-state index contributed by atoms with van der Waals surface area (Å²) in [5, 5.41) is 0. The molecule has 0 unspecified atom stereocenters. The summed E-state index contributed by atoms with van der Waals surface area (Å²) >= 11 is 0. The van der Waals surface area contributed by atoms with Gasteiger partial charge in [-0.2, -0.15) is 13.2 Å². The minimum atomic E-state index is -4.38. The van der Waals surface area contributed by atoms with Gasteiger partial charge in [0.2, 0.25) is 0 Å². The van der Waals surface area contributed by atoms with E-state index in [-0.39, 0.29) is 12.0 Å². The van der Waals surface area contributed by atoms with Crippen molar-refractivity contribution in [3.05, 3.63) is 17.7 Å². The fourth-order valence-corrected chi connectivity index (χ4v) is 1.65. The predicted octanol–water partition coefficient (Wildman–Crippen LogP) is 3.62. The largest absolute Gasteiger partial charge is 0.434 e. The molecule has 104 valence electrons. The Morgan fingerprint density at radius 2 is 1.89 bits per heavy atom. The topological polar surface area (TPSA) is 27.1 Å². The normalized spacial score (nSPS) is 16.2. The molecule has 6 heteroatoms. The van der Waals surface area contributed by atoms with E-state index in [4.69, 9.17) is 4.74 Å². The molecule has 1 aliphatic heterocycles. The molecule has 1 aromatic rings. The third-order valence-electron chi connectivity index (χ3n) is 2.58. The van der Waals surface area contributed by atoms with Crippen molar-refractivity contribution in [2.24, 2.45) is 0 Å². The van der Waals surface area contributed by atoms with Crippen LogP contribution in [0.5, 0.6) is 0 Å². The van der Waals surface area contributed by atoms with Gasteiger partial charge in [0.15, 0.2) is 5.69 Å². The number of rotatable bonds is 2. The van der Waals surface area contributed by atoms with E-state index in [9.17, 15) is 13.2 Å². The summed E-state index contributed by atoms with van der Waals surface area (Å²) in [5.41, 5.74) is -0.817. The second kappa shape index (κ2) is 5.73. The van der Waals surface area contributed by atoms with Gasteiger partial charge in [-0.15, -0.1) is 0 Å². The van der Waals surface area contributed by atoms with Gasteiger partial charge in [-0.1, -0.05) is 27.7 Å². The molecule has 1 aromatic heterocycles. The molecule has 0 spiro atoms. The van der Waals surface area contributed by atoms with Gasteiger partial charge >= 0.3 is 6.18 Å². The molecule has 0 saturated carbocycles. The van der Waals surface area contributed by atoms with E-state index in [0.717, 1.165) is 6.20 Å². The van der Waals surface area contributed by atoms with E-state index >= 15 is 0 Å². The van der Waals surface area contributed by atoms with Crippen LogP contribution < -0.4 is 0 Å². The summed E-state index contributed by atoms with van der Waals surface area (Å²) in [5.74, 6) is 0.442. The van der Waals surface area contributed by atoms with Gasteiger partial charge in [-0.25, -0.2) is 4.98 Å². The molecule has 0 radical (unpaired) electrons. The van der Waals surface area contributed by atoms with Crippen molar-refractivity contribution in [3.8, 4) is 0 Å². The summed E-state index contributed by atoms with van der Waals surface area (Å²) in [4.78, 5) is 3.67. The Balaban J connectivity index is 0.000000771. The minimum Gasteiger partial charge on any atom is -0.377 e. The van der Waals surface area contributed by atoms with Crippen LogP contribution in [0.4, 0.5) is 13.2 Å². The van der Waals surface area contributed by atoms with Gasteiger partial charge in [-0.3, -0.25) is 0 Å². The van der Waals surface area contributed by atoms with Crippen molar-refractivity contribution in [1.82, 2.24) is 9.55 Å². The maximum Gasteiger partial charge on any atom is 0.434 e. The smallest absolute Gasteiger partial charge is 0.377 e. The number of imidazole rings is 1. The summed E-state index contributed by atoms with van der Waals surface area (Å²) < 4.78 is 44.2. The molecule has 0 N–H and O–H groups in total. The Kier molecular flexibility index (Phi) is 4.78.